The summed E-state index contributed by atoms with van der Waals surface area (Å²) in [6.45, 7) is 3.00. The van der Waals surface area contributed by atoms with E-state index in [0.29, 0.717) is 5.92 Å². The molecule has 0 radical (unpaired) electrons. The van der Waals surface area contributed by atoms with Crippen molar-refractivity contribution in [3.63, 3.8) is 0 Å². The molecule has 5 nitrogen and oxygen atoms in total. The van der Waals surface area contributed by atoms with Crippen LogP contribution in [0.1, 0.15) is 35.6 Å². The molecule has 0 amide bonds. The van der Waals surface area contributed by atoms with Gasteiger partial charge < -0.3 is 13.9 Å². The number of benzene rings is 2. The first kappa shape index (κ1) is 21.7. The van der Waals surface area contributed by atoms with Crippen LogP contribution in [-0.2, 0) is 16.1 Å². The zero-order valence-corrected chi connectivity index (χ0v) is 19.4. The Kier molecular flexibility index (Phi) is 6.78. The Morgan fingerprint density at radius 2 is 1.90 bits per heavy atom. The summed E-state index contributed by atoms with van der Waals surface area (Å²) in [5.74, 6) is 1.98. The van der Waals surface area contributed by atoms with Crippen molar-refractivity contribution in [2.24, 2.45) is 0 Å². The number of ether oxygens (including phenoxy) is 2. The topological polar surface area (TPSA) is 51.9 Å². The van der Waals surface area contributed by atoms with Gasteiger partial charge in [-0.2, -0.15) is 0 Å². The van der Waals surface area contributed by atoms with Gasteiger partial charge in [0, 0.05) is 23.9 Å². The van der Waals surface area contributed by atoms with Crippen LogP contribution >= 0.6 is 15.9 Å². The summed E-state index contributed by atoms with van der Waals surface area (Å²) in [6, 6.07) is 14.4. The van der Waals surface area contributed by atoms with E-state index >= 15 is 0 Å². The van der Waals surface area contributed by atoms with Gasteiger partial charge in [-0.1, -0.05) is 24.3 Å². The Morgan fingerprint density at radius 3 is 2.58 bits per heavy atom. The number of halogens is 1. The fraction of sp³-hybridized carbons (Fsp3) is 0.320. The molecular formula is C25H26BrNO4. The Labute approximate surface area is 190 Å². The minimum absolute atomic E-state index is 0.345. The Bertz CT molecular complexity index is 1080. The highest BCUT2D eigenvalue weighted by atomic mass is 79.9. The second-order valence-corrected chi connectivity index (χ2v) is 8.68. The fourth-order valence-corrected chi connectivity index (χ4v) is 4.56. The van der Waals surface area contributed by atoms with Crippen LogP contribution in [0.25, 0.3) is 17.0 Å². The third-order valence-corrected chi connectivity index (χ3v) is 6.38. The molecule has 0 spiro atoms. The molecule has 6 heteroatoms. The molecule has 0 atom stereocenters. The van der Waals surface area contributed by atoms with Gasteiger partial charge in [-0.25, -0.2) is 4.79 Å². The number of piperidine rings is 1. The zero-order valence-electron chi connectivity index (χ0n) is 17.8. The van der Waals surface area contributed by atoms with Crippen molar-refractivity contribution in [1.29, 1.82) is 0 Å². The maximum atomic E-state index is 11.2. The predicted molar refractivity (Wildman–Crippen MR) is 125 cm³/mol. The lowest BCUT2D eigenvalue weighted by Crippen LogP contribution is -2.32. The number of esters is 1. The number of fused-ring (bicyclic) bond motifs is 1. The second kappa shape index (κ2) is 9.71. The molecule has 1 aromatic heterocycles. The SMILES string of the molecule is COC(=O)C=Cc1ccc(CN2CCC(c3cc4cc(OC)cc(Br)c4o3)CC2)cc1. The Morgan fingerprint density at radius 1 is 1.16 bits per heavy atom. The molecule has 0 bridgehead atoms. The molecule has 3 aromatic rings. The van der Waals surface area contributed by atoms with E-state index in [4.69, 9.17) is 9.15 Å². The lowest BCUT2D eigenvalue weighted by atomic mass is 9.94. The number of hydrogen-bond donors (Lipinski definition) is 0. The molecule has 0 aliphatic carbocycles. The van der Waals surface area contributed by atoms with Gasteiger partial charge >= 0.3 is 5.97 Å². The van der Waals surface area contributed by atoms with Gasteiger partial charge in [0.1, 0.15) is 17.1 Å². The van der Waals surface area contributed by atoms with Crippen LogP contribution in [0.2, 0.25) is 0 Å². The Balaban J connectivity index is 1.35. The molecule has 2 aromatic carbocycles. The molecule has 0 N–H and O–H groups in total. The van der Waals surface area contributed by atoms with Crippen molar-refractivity contribution in [2.45, 2.75) is 25.3 Å². The van der Waals surface area contributed by atoms with Gasteiger partial charge in [0.15, 0.2) is 0 Å². The summed E-state index contributed by atoms with van der Waals surface area (Å²) in [7, 11) is 3.06. The minimum atomic E-state index is -0.345. The predicted octanol–water partition coefficient (Wildman–Crippen LogP) is 5.77. The highest BCUT2D eigenvalue weighted by molar-refractivity contribution is 9.10. The fourth-order valence-electron chi connectivity index (χ4n) is 4.02. The number of methoxy groups -OCH3 is 2. The summed E-state index contributed by atoms with van der Waals surface area (Å²) in [5.41, 5.74) is 3.15. The summed E-state index contributed by atoms with van der Waals surface area (Å²) in [6.07, 6.45) is 5.36. The van der Waals surface area contributed by atoms with Crippen LogP contribution in [0.3, 0.4) is 0 Å². The number of nitrogens with zero attached hydrogens (tertiary/aromatic N) is 1. The van der Waals surface area contributed by atoms with E-state index in [0.717, 1.165) is 65.0 Å². The smallest absolute Gasteiger partial charge is 0.330 e. The minimum Gasteiger partial charge on any atom is -0.497 e. The molecule has 162 valence electrons. The van der Waals surface area contributed by atoms with Crippen molar-refractivity contribution >= 4 is 38.9 Å². The van der Waals surface area contributed by atoms with Gasteiger partial charge in [0.25, 0.3) is 0 Å². The first-order valence-electron chi connectivity index (χ1n) is 10.4. The van der Waals surface area contributed by atoms with Crippen LogP contribution in [0.5, 0.6) is 5.75 Å². The normalized spacial score (nSPS) is 15.6. The summed E-state index contributed by atoms with van der Waals surface area (Å²) < 4.78 is 17.1. The van der Waals surface area contributed by atoms with Crippen molar-refractivity contribution in [3.8, 4) is 5.75 Å². The highest BCUT2D eigenvalue weighted by Crippen LogP contribution is 2.37. The monoisotopic (exact) mass is 483 g/mol. The summed E-state index contributed by atoms with van der Waals surface area (Å²) >= 11 is 3.59. The van der Waals surface area contributed by atoms with Gasteiger partial charge in [-0.05, 0) is 77.3 Å². The molecular weight excluding hydrogens is 458 g/mol. The van der Waals surface area contributed by atoms with Crippen LogP contribution in [-0.4, -0.2) is 38.2 Å². The van der Waals surface area contributed by atoms with Crippen LogP contribution < -0.4 is 4.74 Å². The van der Waals surface area contributed by atoms with Crippen molar-refractivity contribution in [3.05, 3.63) is 69.9 Å². The average Bonchev–Trinajstić information content (AvgIpc) is 3.23. The first-order valence-corrected chi connectivity index (χ1v) is 11.2. The molecule has 2 heterocycles. The quantitative estimate of drug-likeness (QED) is 0.329. The molecule has 1 aliphatic rings. The molecule has 1 saturated heterocycles. The number of carbonyl (C=O) groups excluding carboxylic acids is 1. The largest absolute Gasteiger partial charge is 0.497 e. The first-order chi connectivity index (χ1) is 15.1. The number of carbonyl (C=O) groups is 1. The van der Waals surface area contributed by atoms with Crippen molar-refractivity contribution < 1.29 is 18.7 Å². The van der Waals surface area contributed by atoms with E-state index < -0.39 is 0 Å². The summed E-state index contributed by atoms with van der Waals surface area (Å²) in [4.78, 5) is 13.7. The van der Waals surface area contributed by atoms with E-state index in [2.05, 4.69) is 43.8 Å². The van der Waals surface area contributed by atoms with Crippen LogP contribution in [0, 0.1) is 0 Å². The number of hydrogen-bond acceptors (Lipinski definition) is 5. The molecule has 4 rings (SSSR count). The van der Waals surface area contributed by atoms with Gasteiger partial charge in [0.05, 0.1) is 18.7 Å². The third kappa shape index (κ3) is 5.20. The standard InChI is InChI=1S/C25H26BrNO4/c1-29-21-13-20-14-23(31-25(20)22(26)15-21)19-9-11-27(12-10-19)16-18-5-3-17(4-6-18)7-8-24(28)30-2/h3-8,13-15,19H,9-12,16H2,1-2H3. The Hall–Kier alpha value is -2.57. The lowest BCUT2D eigenvalue weighted by Gasteiger charge is -2.31. The maximum Gasteiger partial charge on any atom is 0.330 e. The second-order valence-electron chi connectivity index (χ2n) is 7.82. The number of rotatable bonds is 6. The molecule has 0 saturated carbocycles. The van der Waals surface area contributed by atoms with Crippen LogP contribution in [0.15, 0.2) is 57.4 Å². The zero-order chi connectivity index (χ0) is 21.8. The molecule has 0 unspecified atom stereocenters. The number of likely N-dealkylation sites (tertiary alicyclic amines) is 1. The average molecular weight is 484 g/mol. The van der Waals surface area contributed by atoms with E-state index in [9.17, 15) is 4.79 Å². The van der Waals surface area contributed by atoms with E-state index in [-0.39, 0.29) is 5.97 Å². The van der Waals surface area contributed by atoms with Gasteiger partial charge in [0.2, 0.25) is 0 Å². The summed E-state index contributed by atoms with van der Waals surface area (Å²) in [5, 5.41) is 1.07. The van der Waals surface area contributed by atoms with Crippen molar-refractivity contribution in [2.75, 3.05) is 27.3 Å². The van der Waals surface area contributed by atoms with Gasteiger partial charge in [-0.3, -0.25) is 4.90 Å². The highest BCUT2D eigenvalue weighted by Gasteiger charge is 2.24. The lowest BCUT2D eigenvalue weighted by molar-refractivity contribution is -0.134. The maximum absolute atomic E-state index is 11.2. The van der Waals surface area contributed by atoms with Crippen molar-refractivity contribution in [1.82, 2.24) is 4.90 Å². The molecule has 1 aliphatic heterocycles. The van der Waals surface area contributed by atoms with E-state index in [1.807, 2.05) is 24.3 Å². The molecule has 1 fully saturated rings. The number of furan rings is 1. The third-order valence-electron chi connectivity index (χ3n) is 5.79. The van der Waals surface area contributed by atoms with Crippen LogP contribution in [0.4, 0.5) is 0 Å². The van der Waals surface area contributed by atoms with Gasteiger partial charge in [-0.15, -0.1) is 0 Å². The molecule has 31 heavy (non-hydrogen) atoms. The van der Waals surface area contributed by atoms with E-state index in [1.54, 1.807) is 13.2 Å². The van der Waals surface area contributed by atoms with E-state index in [1.165, 1.54) is 18.7 Å².